The maximum atomic E-state index is 12.6. The molecule has 132 valence electrons. The maximum absolute atomic E-state index is 12.6. The second kappa shape index (κ2) is 7.83. The summed E-state index contributed by atoms with van der Waals surface area (Å²) in [6, 6.07) is 2.81. The smallest absolute Gasteiger partial charge is 0.290 e. The van der Waals surface area contributed by atoms with E-state index in [0.29, 0.717) is 13.0 Å². The van der Waals surface area contributed by atoms with Crippen molar-refractivity contribution in [2.24, 2.45) is 5.92 Å². The van der Waals surface area contributed by atoms with Crippen molar-refractivity contribution in [3.8, 4) is 0 Å². The molecule has 0 radical (unpaired) electrons. The van der Waals surface area contributed by atoms with E-state index in [1.54, 1.807) is 17.0 Å². The highest BCUT2D eigenvalue weighted by atomic mass is 16.3. The SMILES string of the molecule is O=C(NCC(O)C1CCCC1)C1CCCCN1C(=O)c1ccco1. The summed E-state index contributed by atoms with van der Waals surface area (Å²) in [6.07, 6.45) is 7.81. The Morgan fingerprint density at radius 1 is 1.25 bits per heavy atom. The van der Waals surface area contributed by atoms with Crippen molar-refractivity contribution in [1.82, 2.24) is 10.2 Å². The van der Waals surface area contributed by atoms with Gasteiger partial charge in [-0.15, -0.1) is 0 Å². The van der Waals surface area contributed by atoms with Gasteiger partial charge in [-0.1, -0.05) is 12.8 Å². The molecular formula is C18H26N2O4. The molecule has 2 heterocycles. The van der Waals surface area contributed by atoms with Crippen LogP contribution in [0.5, 0.6) is 0 Å². The summed E-state index contributed by atoms with van der Waals surface area (Å²) in [4.78, 5) is 26.7. The topological polar surface area (TPSA) is 82.8 Å². The van der Waals surface area contributed by atoms with Gasteiger partial charge >= 0.3 is 0 Å². The van der Waals surface area contributed by atoms with Crippen LogP contribution in [0.15, 0.2) is 22.8 Å². The van der Waals surface area contributed by atoms with E-state index in [1.807, 2.05) is 0 Å². The quantitative estimate of drug-likeness (QED) is 0.862. The highest BCUT2D eigenvalue weighted by Crippen LogP contribution is 2.27. The van der Waals surface area contributed by atoms with Gasteiger partial charge in [-0.25, -0.2) is 0 Å². The lowest BCUT2D eigenvalue weighted by molar-refractivity contribution is -0.127. The van der Waals surface area contributed by atoms with Gasteiger partial charge in [-0.3, -0.25) is 9.59 Å². The fourth-order valence-corrected chi connectivity index (χ4v) is 3.82. The van der Waals surface area contributed by atoms with Crippen LogP contribution >= 0.6 is 0 Å². The van der Waals surface area contributed by atoms with Crippen molar-refractivity contribution >= 4 is 11.8 Å². The molecule has 1 saturated heterocycles. The summed E-state index contributed by atoms with van der Waals surface area (Å²) in [5, 5.41) is 13.1. The summed E-state index contributed by atoms with van der Waals surface area (Å²) in [6.45, 7) is 0.825. The van der Waals surface area contributed by atoms with Crippen molar-refractivity contribution in [2.45, 2.75) is 57.1 Å². The van der Waals surface area contributed by atoms with Crippen LogP contribution in [0.2, 0.25) is 0 Å². The Morgan fingerprint density at radius 2 is 2.00 bits per heavy atom. The van der Waals surface area contributed by atoms with E-state index in [4.69, 9.17) is 4.42 Å². The molecule has 1 aromatic heterocycles. The number of carbonyl (C=O) groups excluding carboxylic acids is 2. The second-order valence-electron chi connectivity index (χ2n) is 6.84. The number of carbonyl (C=O) groups is 2. The number of aliphatic hydroxyl groups is 1. The van der Waals surface area contributed by atoms with Gasteiger partial charge in [0.15, 0.2) is 5.76 Å². The molecule has 2 N–H and O–H groups in total. The zero-order valence-corrected chi connectivity index (χ0v) is 13.9. The van der Waals surface area contributed by atoms with E-state index in [0.717, 1.165) is 38.5 Å². The van der Waals surface area contributed by atoms with E-state index in [1.165, 1.54) is 6.26 Å². The molecule has 2 fully saturated rings. The number of amides is 2. The number of nitrogens with zero attached hydrogens (tertiary/aromatic N) is 1. The average Bonchev–Trinajstić information content (AvgIpc) is 3.32. The van der Waals surface area contributed by atoms with Crippen LogP contribution in [-0.4, -0.2) is 47.1 Å². The average molecular weight is 334 g/mol. The Hall–Kier alpha value is -1.82. The summed E-state index contributed by atoms with van der Waals surface area (Å²) >= 11 is 0. The third-order valence-corrected chi connectivity index (χ3v) is 5.23. The van der Waals surface area contributed by atoms with Gasteiger partial charge in [0.25, 0.3) is 5.91 Å². The summed E-state index contributed by atoms with van der Waals surface area (Å²) < 4.78 is 5.18. The fourth-order valence-electron chi connectivity index (χ4n) is 3.82. The molecule has 24 heavy (non-hydrogen) atoms. The zero-order valence-electron chi connectivity index (χ0n) is 13.9. The molecule has 1 aliphatic heterocycles. The molecule has 2 unspecified atom stereocenters. The van der Waals surface area contributed by atoms with Crippen molar-refractivity contribution in [2.75, 3.05) is 13.1 Å². The fraction of sp³-hybridized carbons (Fsp3) is 0.667. The zero-order chi connectivity index (χ0) is 16.9. The number of piperidine rings is 1. The largest absolute Gasteiger partial charge is 0.459 e. The number of hydrogen-bond donors (Lipinski definition) is 2. The van der Waals surface area contributed by atoms with Gasteiger partial charge in [0.2, 0.25) is 5.91 Å². The van der Waals surface area contributed by atoms with Crippen LogP contribution in [0, 0.1) is 5.92 Å². The summed E-state index contributed by atoms with van der Waals surface area (Å²) in [5.41, 5.74) is 0. The Bertz CT molecular complexity index is 551. The van der Waals surface area contributed by atoms with E-state index < -0.39 is 12.1 Å². The number of hydrogen-bond acceptors (Lipinski definition) is 4. The number of aliphatic hydroxyl groups excluding tert-OH is 1. The molecule has 0 aromatic carbocycles. The molecule has 0 bridgehead atoms. The lowest BCUT2D eigenvalue weighted by Crippen LogP contribution is -2.53. The molecule has 6 nitrogen and oxygen atoms in total. The van der Waals surface area contributed by atoms with Crippen molar-refractivity contribution in [1.29, 1.82) is 0 Å². The lowest BCUT2D eigenvalue weighted by atomic mass is 9.99. The molecule has 1 aromatic rings. The van der Waals surface area contributed by atoms with Gasteiger partial charge in [0.1, 0.15) is 6.04 Å². The van der Waals surface area contributed by atoms with Crippen LogP contribution in [-0.2, 0) is 4.79 Å². The van der Waals surface area contributed by atoms with Gasteiger partial charge in [0, 0.05) is 13.1 Å². The first-order chi connectivity index (χ1) is 11.7. The highest BCUT2D eigenvalue weighted by molar-refractivity contribution is 5.95. The van der Waals surface area contributed by atoms with Crippen molar-refractivity contribution in [3.05, 3.63) is 24.2 Å². The van der Waals surface area contributed by atoms with Gasteiger partial charge in [-0.2, -0.15) is 0 Å². The summed E-state index contributed by atoms with van der Waals surface area (Å²) in [7, 11) is 0. The minimum Gasteiger partial charge on any atom is -0.459 e. The minimum atomic E-state index is -0.491. The van der Waals surface area contributed by atoms with Crippen molar-refractivity contribution < 1.29 is 19.1 Å². The Kier molecular flexibility index (Phi) is 5.56. The Morgan fingerprint density at radius 3 is 2.71 bits per heavy atom. The van der Waals surface area contributed by atoms with Crippen LogP contribution in [0.1, 0.15) is 55.5 Å². The Balaban J connectivity index is 1.58. The number of rotatable bonds is 5. The van der Waals surface area contributed by atoms with Gasteiger partial charge in [-0.05, 0) is 50.2 Å². The number of nitrogens with one attached hydrogen (secondary N) is 1. The monoisotopic (exact) mass is 334 g/mol. The van der Waals surface area contributed by atoms with Crippen LogP contribution < -0.4 is 5.32 Å². The second-order valence-corrected chi connectivity index (χ2v) is 6.84. The molecule has 2 aliphatic rings. The summed E-state index contributed by atoms with van der Waals surface area (Å²) in [5.74, 6) is 0.140. The van der Waals surface area contributed by atoms with Crippen LogP contribution in [0.4, 0.5) is 0 Å². The Labute approximate surface area is 142 Å². The maximum Gasteiger partial charge on any atom is 0.290 e. The van der Waals surface area contributed by atoms with Crippen molar-refractivity contribution in [3.63, 3.8) is 0 Å². The molecule has 2 atom stereocenters. The van der Waals surface area contributed by atoms with E-state index in [2.05, 4.69) is 5.32 Å². The van der Waals surface area contributed by atoms with E-state index in [9.17, 15) is 14.7 Å². The van der Waals surface area contributed by atoms with E-state index >= 15 is 0 Å². The number of likely N-dealkylation sites (tertiary alicyclic amines) is 1. The first kappa shape index (κ1) is 17.0. The first-order valence-corrected chi connectivity index (χ1v) is 8.97. The van der Waals surface area contributed by atoms with Crippen LogP contribution in [0.25, 0.3) is 0 Å². The predicted molar refractivity (Wildman–Crippen MR) is 88.4 cm³/mol. The van der Waals surface area contributed by atoms with E-state index in [-0.39, 0.29) is 30.0 Å². The molecular weight excluding hydrogens is 308 g/mol. The molecule has 3 rings (SSSR count). The normalized spacial score (nSPS) is 23.2. The standard InChI is InChI=1S/C18H26N2O4/c21-15(13-6-1-2-7-13)12-19-17(22)14-8-3-4-10-20(14)18(23)16-9-5-11-24-16/h5,9,11,13-15,21H,1-4,6-8,10,12H2,(H,19,22). The molecule has 1 saturated carbocycles. The third kappa shape index (κ3) is 3.80. The molecule has 2 amide bonds. The third-order valence-electron chi connectivity index (χ3n) is 5.23. The molecule has 1 aliphatic carbocycles. The molecule has 0 spiro atoms. The van der Waals surface area contributed by atoms with Gasteiger partial charge < -0.3 is 19.7 Å². The highest BCUT2D eigenvalue weighted by Gasteiger charge is 2.34. The minimum absolute atomic E-state index is 0.174. The lowest BCUT2D eigenvalue weighted by Gasteiger charge is -2.34. The van der Waals surface area contributed by atoms with Crippen LogP contribution in [0.3, 0.4) is 0 Å². The molecule has 6 heteroatoms. The first-order valence-electron chi connectivity index (χ1n) is 8.97. The number of furan rings is 1. The van der Waals surface area contributed by atoms with Gasteiger partial charge in [0.05, 0.1) is 12.4 Å². The predicted octanol–water partition coefficient (Wildman–Crippen LogP) is 1.94.